The third-order valence-electron chi connectivity index (χ3n) is 6.25. The maximum Gasteiger partial charge on any atom is 0.255 e. The van der Waals surface area contributed by atoms with E-state index in [1.54, 1.807) is 6.20 Å². The van der Waals surface area contributed by atoms with Gasteiger partial charge in [0.1, 0.15) is 0 Å². The molecule has 0 bridgehead atoms. The zero-order valence-corrected chi connectivity index (χ0v) is 16.5. The van der Waals surface area contributed by atoms with Crippen molar-refractivity contribution in [3.8, 4) is 11.3 Å². The molecule has 1 aromatic heterocycles. The minimum absolute atomic E-state index is 0.0279. The highest BCUT2D eigenvalue weighted by molar-refractivity contribution is 5.94. The molecule has 5 nitrogen and oxygen atoms in total. The SMILES string of the molecule is CN(CC1CCNCC1)C(=O)c1ccc(-c2ccc(C3(O)CCC3)cc2)nc1. The Hall–Kier alpha value is -2.24. The molecule has 1 aromatic carbocycles. The average molecular weight is 380 g/mol. The molecular formula is C23H29N3O2. The summed E-state index contributed by atoms with van der Waals surface area (Å²) in [4.78, 5) is 19.0. The predicted molar refractivity (Wildman–Crippen MR) is 110 cm³/mol. The van der Waals surface area contributed by atoms with E-state index in [-0.39, 0.29) is 5.91 Å². The molecule has 2 aliphatic rings. The molecule has 5 heteroatoms. The summed E-state index contributed by atoms with van der Waals surface area (Å²) in [6.45, 7) is 2.88. The van der Waals surface area contributed by atoms with E-state index in [4.69, 9.17) is 0 Å². The molecule has 0 radical (unpaired) electrons. The number of hydrogen-bond acceptors (Lipinski definition) is 4. The van der Waals surface area contributed by atoms with Crippen LogP contribution in [0.1, 0.15) is 48.0 Å². The predicted octanol–water partition coefficient (Wildman–Crippen LogP) is 3.19. The minimum Gasteiger partial charge on any atom is -0.385 e. The maximum absolute atomic E-state index is 12.7. The zero-order chi connectivity index (χ0) is 19.6. The molecule has 1 aliphatic heterocycles. The monoisotopic (exact) mass is 379 g/mol. The summed E-state index contributed by atoms with van der Waals surface area (Å²) in [5, 5.41) is 13.8. The number of amides is 1. The van der Waals surface area contributed by atoms with E-state index in [0.29, 0.717) is 11.5 Å². The number of aromatic nitrogens is 1. The van der Waals surface area contributed by atoms with Crippen molar-refractivity contribution in [3.05, 3.63) is 53.7 Å². The molecule has 4 rings (SSSR count). The van der Waals surface area contributed by atoms with Crippen LogP contribution in [0.4, 0.5) is 0 Å². The van der Waals surface area contributed by atoms with Gasteiger partial charge in [0, 0.05) is 25.4 Å². The maximum atomic E-state index is 12.7. The second-order valence-electron chi connectivity index (χ2n) is 8.27. The average Bonchev–Trinajstić information content (AvgIpc) is 2.72. The standard InChI is InChI=1S/C23H29N3O2/c1-26(16-17-9-13-24-14-10-17)22(27)19-5-8-21(25-15-19)18-3-6-20(7-4-18)23(28)11-2-12-23/h3-8,15,17,24,28H,2,9-14,16H2,1H3. The van der Waals surface area contributed by atoms with Gasteiger partial charge in [-0.05, 0) is 68.8 Å². The Kier molecular flexibility index (Phi) is 5.47. The molecule has 1 saturated carbocycles. The molecule has 2 aromatic rings. The van der Waals surface area contributed by atoms with Crippen LogP contribution in [0.2, 0.25) is 0 Å². The zero-order valence-electron chi connectivity index (χ0n) is 16.5. The lowest BCUT2D eigenvalue weighted by Gasteiger charge is -2.37. The van der Waals surface area contributed by atoms with Gasteiger partial charge >= 0.3 is 0 Å². The molecule has 2 N–H and O–H groups in total. The fourth-order valence-electron chi connectivity index (χ4n) is 4.20. The van der Waals surface area contributed by atoms with Crippen molar-refractivity contribution in [3.63, 3.8) is 0 Å². The Morgan fingerprint density at radius 3 is 2.46 bits per heavy atom. The van der Waals surface area contributed by atoms with Crippen LogP contribution >= 0.6 is 0 Å². The molecule has 2 fully saturated rings. The number of pyridine rings is 1. The van der Waals surface area contributed by atoms with E-state index in [1.165, 1.54) is 0 Å². The summed E-state index contributed by atoms with van der Waals surface area (Å²) in [7, 11) is 1.88. The Labute approximate surface area is 166 Å². The third kappa shape index (κ3) is 3.96. The number of rotatable bonds is 5. The number of benzene rings is 1. The van der Waals surface area contributed by atoms with Gasteiger partial charge in [0.25, 0.3) is 5.91 Å². The van der Waals surface area contributed by atoms with Crippen molar-refractivity contribution >= 4 is 5.91 Å². The van der Waals surface area contributed by atoms with Crippen molar-refractivity contribution in [2.75, 3.05) is 26.7 Å². The van der Waals surface area contributed by atoms with Crippen LogP contribution in [0.25, 0.3) is 11.3 Å². The van der Waals surface area contributed by atoms with Crippen LogP contribution in [0.3, 0.4) is 0 Å². The molecular weight excluding hydrogens is 350 g/mol. The van der Waals surface area contributed by atoms with Crippen LogP contribution in [0, 0.1) is 5.92 Å². The second kappa shape index (κ2) is 8.02. The first-order valence-electron chi connectivity index (χ1n) is 10.3. The van der Waals surface area contributed by atoms with Gasteiger partial charge in [-0.25, -0.2) is 0 Å². The fraction of sp³-hybridized carbons (Fsp3) is 0.478. The minimum atomic E-state index is -0.638. The van der Waals surface area contributed by atoms with Gasteiger partial charge in [-0.2, -0.15) is 0 Å². The number of piperidine rings is 1. The largest absolute Gasteiger partial charge is 0.385 e. The molecule has 28 heavy (non-hydrogen) atoms. The Morgan fingerprint density at radius 1 is 1.18 bits per heavy atom. The van der Waals surface area contributed by atoms with Gasteiger partial charge in [-0.3, -0.25) is 9.78 Å². The smallest absolute Gasteiger partial charge is 0.255 e. The Balaban J connectivity index is 1.40. The summed E-state index contributed by atoms with van der Waals surface area (Å²) >= 11 is 0. The number of carbonyl (C=O) groups excluding carboxylic acids is 1. The summed E-state index contributed by atoms with van der Waals surface area (Å²) in [6.07, 6.45) is 6.68. The van der Waals surface area contributed by atoms with Gasteiger partial charge in [0.15, 0.2) is 0 Å². The van der Waals surface area contributed by atoms with Crippen molar-refractivity contribution in [2.45, 2.75) is 37.7 Å². The van der Waals surface area contributed by atoms with Gasteiger partial charge in [0.05, 0.1) is 16.9 Å². The van der Waals surface area contributed by atoms with E-state index in [1.807, 2.05) is 48.3 Å². The molecule has 0 atom stereocenters. The lowest BCUT2D eigenvalue weighted by atomic mass is 9.75. The van der Waals surface area contributed by atoms with Crippen molar-refractivity contribution in [2.24, 2.45) is 5.92 Å². The van der Waals surface area contributed by atoms with Crippen molar-refractivity contribution in [1.29, 1.82) is 0 Å². The highest BCUT2D eigenvalue weighted by Gasteiger charge is 2.35. The number of nitrogens with one attached hydrogen (secondary N) is 1. The highest BCUT2D eigenvalue weighted by Crippen LogP contribution is 2.41. The van der Waals surface area contributed by atoms with E-state index in [0.717, 1.165) is 68.6 Å². The molecule has 0 spiro atoms. The van der Waals surface area contributed by atoms with Crippen LogP contribution < -0.4 is 5.32 Å². The Bertz CT molecular complexity index is 807. The van der Waals surface area contributed by atoms with Gasteiger partial charge in [0.2, 0.25) is 0 Å². The number of aliphatic hydroxyl groups is 1. The lowest BCUT2D eigenvalue weighted by Crippen LogP contribution is -2.37. The molecule has 1 aliphatic carbocycles. The fourth-order valence-corrected chi connectivity index (χ4v) is 4.20. The number of carbonyl (C=O) groups is 1. The van der Waals surface area contributed by atoms with E-state index in [9.17, 15) is 9.90 Å². The first-order valence-corrected chi connectivity index (χ1v) is 10.3. The second-order valence-corrected chi connectivity index (χ2v) is 8.27. The molecule has 0 unspecified atom stereocenters. The molecule has 1 saturated heterocycles. The molecule has 2 heterocycles. The topological polar surface area (TPSA) is 65.5 Å². The molecule has 1 amide bonds. The van der Waals surface area contributed by atoms with Crippen LogP contribution in [-0.4, -0.2) is 47.6 Å². The van der Waals surface area contributed by atoms with Gasteiger partial charge in [-0.1, -0.05) is 24.3 Å². The Morgan fingerprint density at radius 2 is 1.89 bits per heavy atom. The van der Waals surface area contributed by atoms with E-state index < -0.39 is 5.60 Å². The quantitative estimate of drug-likeness (QED) is 0.837. The van der Waals surface area contributed by atoms with Gasteiger partial charge in [-0.15, -0.1) is 0 Å². The molecule has 148 valence electrons. The summed E-state index contributed by atoms with van der Waals surface area (Å²) in [5.41, 5.74) is 2.80. The first-order chi connectivity index (χ1) is 13.5. The van der Waals surface area contributed by atoms with E-state index >= 15 is 0 Å². The normalized spacial score (nSPS) is 19.1. The summed E-state index contributed by atoms with van der Waals surface area (Å²) in [6, 6.07) is 11.7. The number of hydrogen-bond donors (Lipinski definition) is 2. The van der Waals surface area contributed by atoms with Crippen LogP contribution in [0.15, 0.2) is 42.6 Å². The lowest BCUT2D eigenvalue weighted by molar-refractivity contribution is -0.0387. The van der Waals surface area contributed by atoms with Crippen molar-refractivity contribution in [1.82, 2.24) is 15.2 Å². The summed E-state index contributed by atoms with van der Waals surface area (Å²) in [5.74, 6) is 0.603. The van der Waals surface area contributed by atoms with E-state index in [2.05, 4.69) is 10.3 Å². The van der Waals surface area contributed by atoms with Crippen LogP contribution in [0.5, 0.6) is 0 Å². The van der Waals surface area contributed by atoms with Gasteiger partial charge < -0.3 is 15.3 Å². The summed E-state index contributed by atoms with van der Waals surface area (Å²) < 4.78 is 0. The first kappa shape index (κ1) is 19.1. The van der Waals surface area contributed by atoms with Crippen LogP contribution in [-0.2, 0) is 5.60 Å². The highest BCUT2D eigenvalue weighted by atomic mass is 16.3. The number of nitrogens with zero attached hydrogens (tertiary/aromatic N) is 2. The third-order valence-corrected chi connectivity index (χ3v) is 6.25. The van der Waals surface area contributed by atoms with Crippen molar-refractivity contribution < 1.29 is 9.90 Å².